The van der Waals surface area contributed by atoms with Gasteiger partial charge in [-0.25, -0.2) is 24.5 Å². The number of ether oxygens (including phenoxy) is 2. The van der Waals surface area contributed by atoms with E-state index in [9.17, 15) is 13.6 Å². The fourth-order valence-corrected chi connectivity index (χ4v) is 6.52. The molecule has 2 aliphatic rings. The van der Waals surface area contributed by atoms with Crippen molar-refractivity contribution in [2.24, 2.45) is 0 Å². The van der Waals surface area contributed by atoms with Crippen LogP contribution in [0.4, 0.5) is 23.8 Å². The lowest BCUT2D eigenvalue weighted by atomic mass is 10.0. The topological polar surface area (TPSA) is 88.3 Å². The van der Waals surface area contributed by atoms with Gasteiger partial charge in [0.05, 0.1) is 16.5 Å². The minimum atomic E-state index is -1.10. The highest BCUT2D eigenvalue weighted by atomic mass is 35.5. The third-order valence-electron chi connectivity index (χ3n) is 8.67. The van der Waals surface area contributed by atoms with Gasteiger partial charge in [0, 0.05) is 43.3 Å². The van der Waals surface area contributed by atoms with Gasteiger partial charge in [-0.3, -0.25) is 14.8 Å². The molecule has 2 saturated heterocycles. The highest BCUT2D eigenvalue weighted by molar-refractivity contribution is 6.36. The summed E-state index contributed by atoms with van der Waals surface area (Å²) in [7, 11) is 1.80. The number of hydrogen-bond acceptors (Lipinski definition) is 8. The molecule has 2 aromatic carbocycles. The number of aromatic nitrogens is 3. The number of piperazine rings is 1. The Morgan fingerprint density at radius 2 is 1.94 bits per heavy atom. The van der Waals surface area contributed by atoms with Crippen LogP contribution in [-0.4, -0.2) is 101 Å². The summed E-state index contributed by atoms with van der Waals surface area (Å²) in [5.41, 5.74) is -0.664. The molecule has 2 aromatic heterocycles. The SMILES string of the molecule is [C-]#[N+]C[C@H]1CN(c2nc(OC[C@H]3[C@H](F)CCN3C)nc3c(F)c(-c4cccc5ccc(F)c(Cl)c45)ncc23)CCN1C(=O)OC(C)(C)C. The molecule has 1 amide bonds. The number of carbonyl (C=O) groups is 1. The Labute approximate surface area is 281 Å². The van der Waals surface area contributed by atoms with Gasteiger partial charge in [0.25, 0.3) is 0 Å². The van der Waals surface area contributed by atoms with Gasteiger partial charge in [0.2, 0.25) is 6.54 Å². The molecule has 14 heteroatoms. The van der Waals surface area contributed by atoms with Crippen molar-refractivity contribution in [1.29, 1.82) is 0 Å². The van der Waals surface area contributed by atoms with Crippen LogP contribution in [0, 0.1) is 18.2 Å². The average Bonchev–Trinajstić information content (AvgIpc) is 3.37. The van der Waals surface area contributed by atoms with Crippen LogP contribution in [0.2, 0.25) is 5.02 Å². The zero-order chi connectivity index (χ0) is 34.3. The molecule has 0 aliphatic carbocycles. The number of nitrogens with zero attached hydrogens (tertiary/aromatic N) is 7. The van der Waals surface area contributed by atoms with Crippen molar-refractivity contribution < 1.29 is 27.4 Å². The van der Waals surface area contributed by atoms with Crippen LogP contribution in [0.3, 0.4) is 0 Å². The summed E-state index contributed by atoms with van der Waals surface area (Å²) in [6.45, 7) is 14.0. The lowest BCUT2D eigenvalue weighted by Gasteiger charge is -2.40. The molecular formula is C34H35ClF3N7O3. The molecule has 0 unspecified atom stereocenters. The number of fused-ring (bicyclic) bond motifs is 2. The summed E-state index contributed by atoms with van der Waals surface area (Å²) in [5.74, 6) is -1.17. The van der Waals surface area contributed by atoms with E-state index < -0.39 is 41.6 Å². The molecule has 0 N–H and O–H groups in total. The number of benzene rings is 2. The number of pyridine rings is 1. The molecule has 4 aromatic rings. The van der Waals surface area contributed by atoms with E-state index in [0.717, 1.165) is 0 Å². The summed E-state index contributed by atoms with van der Waals surface area (Å²) >= 11 is 6.37. The van der Waals surface area contributed by atoms with E-state index in [4.69, 9.17) is 27.6 Å². The first-order chi connectivity index (χ1) is 22.9. The zero-order valence-electron chi connectivity index (χ0n) is 27.0. The van der Waals surface area contributed by atoms with Crippen molar-refractivity contribution in [1.82, 2.24) is 24.8 Å². The minimum absolute atomic E-state index is 0.00315. The number of likely N-dealkylation sites (tertiary alicyclic amines) is 1. The molecule has 48 heavy (non-hydrogen) atoms. The van der Waals surface area contributed by atoms with Gasteiger partial charge in [0.15, 0.2) is 5.82 Å². The summed E-state index contributed by atoms with van der Waals surface area (Å²) < 4.78 is 57.4. The smallest absolute Gasteiger partial charge is 0.410 e. The summed E-state index contributed by atoms with van der Waals surface area (Å²) in [6, 6.07) is 6.60. The minimum Gasteiger partial charge on any atom is -0.462 e. The predicted octanol–water partition coefficient (Wildman–Crippen LogP) is 6.54. The Morgan fingerprint density at radius 3 is 2.65 bits per heavy atom. The Hall–Kier alpha value is -4.41. The van der Waals surface area contributed by atoms with Crippen LogP contribution in [-0.2, 0) is 4.74 Å². The fraction of sp³-hybridized carbons (Fsp3) is 0.441. The van der Waals surface area contributed by atoms with E-state index in [2.05, 4.69) is 19.8 Å². The zero-order valence-corrected chi connectivity index (χ0v) is 27.8. The normalized spacial score (nSPS) is 20.4. The van der Waals surface area contributed by atoms with E-state index in [1.807, 2.05) is 9.80 Å². The van der Waals surface area contributed by atoms with Gasteiger partial charge in [-0.15, -0.1) is 0 Å². The predicted molar refractivity (Wildman–Crippen MR) is 177 cm³/mol. The van der Waals surface area contributed by atoms with E-state index in [-0.39, 0.29) is 71.8 Å². The first kappa shape index (κ1) is 33.5. The first-order valence-corrected chi connectivity index (χ1v) is 16.0. The second-order valence-electron chi connectivity index (χ2n) is 13.1. The highest BCUT2D eigenvalue weighted by Gasteiger charge is 2.37. The standard InChI is InChI=1S/C34H35ClF3N7O3/c1-34(2,3)48-33(46)45-14-13-44(17-20(45)15-39-4)31-22-16-40-29(21-8-6-7-19-9-10-24(37)27(35)26(19)21)28(38)30(22)41-32(42-31)47-18-25-23(36)11-12-43(25)5/h6-10,16,20,23,25H,11-15,17-18H2,1-3,5H3/t20-,23+,25-/m0/s1. The van der Waals surface area contributed by atoms with Gasteiger partial charge in [-0.2, -0.15) is 9.97 Å². The molecule has 10 nitrogen and oxygen atoms in total. The summed E-state index contributed by atoms with van der Waals surface area (Å²) in [6.07, 6.45) is 0.174. The Morgan fingerprint density at radius 1 is 1.15 bits per heavy atom. The molecular weight excluding hydrogens is 647 g/mol. The van der Waals surface area contributed by atoms with E-state index >= 15 is 4.39 Å². The lowest BCUT2D eigenvalue weighted by molar-refractivity contribution is 0.0155. The molecule has 0 saturated carbocycles. The van der Waals surface area contributed by atoms with E-state index in [1.54, 1.807) is 52.1 Å². The number of amides is 1. The maximum absolute atomic E-state index is 16.7. The quantitative estimate of drug-likeness (QED) is 0.212. The van der Waals surface area contributed by atoms with Crippen LogP contribution in [0.1, 0.15) is 27.2 Å². The van der Waals surface area contributed by atoms with Gasteiger partial charge < -0.3 is 19.2 Å². The molecule has 0 radical (unpaired) electrons. The van der Waals surface area contributed by atoms with Gasteiger partial charge in [0.1, 0.15) is 47.3 Å². The van der Waals surface area contributed by atoms with Crippen molar-refractivity contribution in [3.05, 3.63) is 64.6 Å². The highest BCUT2D eigenvalue weighted by Crippen LogP contribution is 2.38. The number of rotatable bonds is 6. The van der Waals surface area contributed by atoms with Crippen LogP contribution in [0.25, 0.3) is 37.8 Å². The maximum atomic E-state index is 16.7. The second-order valence-corrected chi connectivity index (χ2v) is 13.4. The number of hydrogen-bond donors (Lipinski definition) is 0. The Balaban J connectivity index is 1.44. The molecule has 3 atom stereocenters. The largest absolute Gasteiger partial charge is 0.462 e. The van der Waals surface area contributed by atoms with Gasteiger partial charge in [-0.1, -0.05) is 35.9 Å². The third-order valence-corrected chi connectivity index (χ3v) is 9.04. The first-order valence-electron chi connectivity index (χ1n) is 15.6. The number of likely N-dealkylation sites (N-methyl/N-ethyl adjacent to an activating group) is 1. The van der Waals surface area contributed by atoms with Crippen molar-refractivity contribution in [2.75, 3.05) is 51.3 Å². The molecule has 0 bridgehead atoms. The van der Waals surface area contributed by atoms with Crippen LogP contribution in [0.15, 0.2) is 36.5 Å². The van der Waals surface area contributed by atoms with Crippen LogP contribution < -0.4 is 9.64 Å². The number of anilines is 1. The van der Waals surface area contributed by atoms with Crippen molar-refractivity contribution in [2.45, 2.75) is 51.0 Å². The molecule has 0 spiro atoms. The van der Waals surface area contributed by atoms with E-state index in [1.165, 1.54) is 17.2 Å². The second kappa shape index (κ2) is 13.2. The molecule has 4 heterocycles. The van der Waals surface area contributed by atoms with Gasteiger partial charge in [-0.05, 0) is 45.7 Å². The third kappa shape index (κ3) is 6.51. The average molecular weight is 682 g/mol. The van der Waals surface area contributed by atoms with Gasteiger partial charge >= 0.3 is 12.1 Å². The van der Waals surface area contributed by atoms with Crippen LogP contribution >= 0.6 is 11.6 Å². The number of alkyl halides is 1. The van der Waals surface area contributed by atoms with Crippen molar-refractivity contribution >= 4 is 45.2 Å². The van der Waals surface area contributed by atoms with E-state index in [0.29, 0.717) is 23.7 Å². The monoisotopic (exact) mass is 681 g/mol. The summed E-state index contributed by atoms with van der Waals surface area (Å²) in [5, 5.41) is 0.999. The molecule has 6 rings (SSSR count). The lowest BCUT2D eigenvalue weighted by Crippen LogP contribution is -2.57. The molecule has 2 aliphatic heterocycles. The molecule has 252 valence electrons. The number of halogens is 4. The summed E-state index contributed by atoms with van der Waals surface area (Å²) in [4.78, 5) is 35.3. The number of carbonyl (C=O) groups excluding carboxylic acids is 1. The molecule has 2 fully saturated rings. The van der Waals surface area contributed by atoms with Crippen LogP contribution in [0.5, 0.6) is 6.01 Å². The Kier molecular flexibility index (Phi) is 9.24. The Bertz CT molecular complexity index is 1910. The van der Waals surface area contributed by atoms with Crippen molar-refractivity contribution in [3.8, 4) is 17.3 Å². The fourth-order valence-electron chi connectivity index (χ4n) is 6.25. The maximum Gasteiger partial charge on any atom is 0.410 e. The van der Waals surface area contributed by atoms with Crippen molar-refractivity contribution in [3.63, 3.8) is 0 Å².